The third-order valence-corrected chi connectivity index (χ3v) is 3.83. The van der Waals surface area contributed by atoms with Crippen LogP contribution < -0.4 is 4.74 Å². The van der Waals surface area contributed by atoms with Crippen LogP contribution in [0.25, 0.3) is 22.6 Å². The third-order valence-electron chi connectivity index (χ3n) is 3.83. The minimum absolute atomic E-state index is 0.888. The number of benzene rings is 2. The smallest absolute Gasteiger partial charge is 0.360 e. The Morgan fingerprint density at radius 3 is 2.78 bits per heavy atom. The Kier molecular flexibility index (Phi) is 3.49. The van der Waals surface area contributed by atoms with Crippen LogP contribution in [-0.4, -0.2) is 0 Å². The number of allylic oxidation sites excluding steroid dienone is 4. The number of rotatable bonds is 2. The molecule has 4 rings (SSSR count). The van der Waals surface area contributed by atoms with E-state index in [0.717, 1.165) is 33.4 Å². The summed E-state index contributed by atoms with van der Waals surface area (Å²) in [7, 11) is 0. The molecule has 3 aromatic rings. The van der Waals surface area contributed by atoms with Crippen molar-refractivity contribution < 1.29 is 9.15 Å². The zero-order chi connectivity index (χ0) is 15.5. The standard InChI is InChI=1S/C21H15O2/c1-3-10-20-18(8-1)16(12-14-22-20)6-5-7-17-13-15-23-21-11-4-2-9-19(17)21/h1-15H/q+1. The fourth-order valence-corrected chi connectivity index (χ4v) is 2.70. The van der Waals surface area contributed by atoms with Gasteiger partial charge in [0.15, 0.2) is 0 Å². The van der Waals surface area contributed by atoms with Crippen LogP contribution in [0.3, 0.4) is 0 Å². The highest BCUT2D eigenvalue weighted by Crippen LogP contribution is 2.30. The second-order valence-electron chi connectivity index (χ2n) is 5.27. The maximum absolute atomic E-state index is 5.52. The molecule has 1 aliphatic rings. The van der Waals surface area contributed by atoms with Crippen LogP contribution in [0.1, 0.15) is 11.1 Å². The molecule has 2 nitrogen and oxygen atoms in total. The number of hydrogen-bond donors (Lipinski definition) is 0. The monoisotopic (exact) mass is 299 g/mol. The van der Waals surface area contributed by atoms with Crippen molar-refractivity contribution in [3.63, 3.8) is 0 Å². The fraction of sp³-hybridized carbons (Fsp3) is 0. The van der Waals surface area contributed by atoms with E-state index in [0.29, 0.717) is 0 Å². The van der Waals surface area contributed by atoms with Gasteiger partial charge in [0.05, 0.1) is 11.6 Å². The molecule has 0 bridgehead atoms. The minimum atomic E-state index is 0.888. The van der Waals surface area contributed by atoms with Crippen molar-refractivity contribution in [3.05, 3.63) is 96.5 Å². The van der Waals surface area contributed by atoms with Gasteiger partial charge in [0, 0.05) is 17.7 Å². The molecular weight excluding hydrogens is 284 g/mol. The molecule has 110 valence electrons. The van der Waals surface area contributed by atoms with Crippen molar-refractivity contribution in [3.8, 4) is 5.75 Å². The Balaban J connectivity index is 1.69. The second-order valence-corrected chi connectivity index (χ2v) is 5.27. The van der Waals surface area contributed by atoms with Crippen LogP contribution in [0.4, 0.5) is 0 Å². The van der Waals surface area contributed by atoms with Gasteiger partial charge in [-0.05, 0) is 29.3 Å². The molecule has 23 heavy (non-hydrogen) atoms. The van der Waals surface area contributed by atoms with Crippen molar-refractivity contribution in [2.45, 2.75) is 0 Å². The maximum Gasteiger partial charge on any atom is 0.360 e. The first-order chi connectivity index (χ1) is 11.4. The summed E-state index contributed by atoms with van der Waals surface area (Å²) < 4.78 is 11.0. The normalized spacial score (nSPS) is 15.0. The van der Waals surface area contributed by atoms with E-state index in [1.54, 1.807) is 12.5 Å². The summed E-state index contributed by atoms with van der Waals surface area (Å²) in [5.74, 6) is 0.888. The Bertz CT molecular complexity index is 943. The first-order valence-electron chi connectivity index (χ1n) is 7.52. The molecule has 0 N–H and O–H groups in total. The van der Waals surface area contributed by atoms with Gasteiger partial charge in [-0.25, -0.2) is 4.42 Å². The van der Waals surface area contributed by atoms with Gasteiger partial charge in [0.25, 0.3) is 0 Å². The summed E-state index contributed by atoms with van der Waals surface area (Å²) in [6.07, 6.45) is 11.7. The molecule has 0 fully saturated rings. The van der Waals surface area contributed by atoms with Gasteiger partial charge in [0.2, 0.25) is 0 Å². The lowest BCUT2D eigenvalue weighted by atomic mass is 10.0. The summed E-state index contributed by atoms with van der Waals surface area (Å²) >= 11 is 0. The van der Waals surface area contributed by atoms with Crippen molar-refractivity contribution in [2.75, 3.05) is 0 Å². The Hall–Kier alpha value is -3.13. The molecule has 0 atom stereocenters. The first kappa shape index (κ1) is 13.5. The molecule has 0 saturated carbocycles. The van der Waals surface area contributed by atoms with Crippen LogP contribution in [-0.2, 0) is 0 Å². The van der Waals surface area contributed by atoms with Crippen LogP contribution in [0.5, 0.6) is 5.75 Å². The summed E-state index contributed by atoms with van der Waals surface area (Å²) in [6.45, 7) is 0. The maximum atomic E-state index is 5.52. The van der Waals surface area contributed by atoms with E-state index in [2.05, 4.69) is 30.4 Å². The lowest BCUT2D eigenvalue weighted by Gasteiger charge is -2.13. The van der Waals surface area contributed by atoms with Crippen LogP contribution in [0.2, 0.25) is 0 Å². The van der Waals surface area contributed by atoms with E-state index in [9.17, 15) is 0 Å². The minimum Gasteiger partial charge on any atom is -0.464 e. The van der Waals surface area contributed by atoms with Gasteiger partial charge < -0.3 is 4.74 Å². The SMILES string of the molecule is C(=Cc1cc[o+]c2ccccc12)C=C1C=COc2ccccc21. The quantitative estimate of drug-likeness (QED) is 0.564. The molecule has 2 heteroatoms. The summed E-state index contributed by atoms with van der Waals surface area (Å²) in [4.78, 5) is 0. The molecule has 0 aliphatic carbocycles. The number of para-hydroxylation sites is 2. The lowest BCUT2D eigenvalue weighted by molar-refractivity contribution is 0.476. The topological polar surface area (TPSA) is 20.5 Å². The summed E-state index contributed by atoms with van der Waals surface area (Å²) in [5, 5.41) is 1.10. The zero-order valence-electron chi connectivity index (χ0n) is 12.5. The van der Waals surface area contributed by atoms with Crippen LogP contribution >= 0.6 is 0 Å². The third kappa shape index (κ3) is 2.67. The van der Waals surface area contributed by atoms with E-state index in [-0.39, 0.29) is 0 Å². The van der Waals surface area contributed by atoms with Crippen molar-refractivity contribution in [1.29, 1.82) is 0 Å². The Morgan fingerprint density at radius 1 is 0.913 bits per heavy atom. The van der Waals surface area contributed by atoms with Gasteiger partial charge in [-0.3, -0.25) is 0 Å². The average Bonchev–Trinajstić information content (AvgIpc) is 2.62. The number of fused-ring (bicyclic) bond motifs is 2. The fourth-order valence-electron chi connectivity index (χ4n) is 2.70. The van der Waals surface area contributed by atoms with Crippen molar-refractivity contribution in [1.82, 2.24) is 0 Å². The van der Waals surface area contributed by atoms with Crippen LogP contribution in [0, 0.1) is 0 Å². The molecule has 0 unspecified atom stereocenters. The molecular formula is C21H15O2+. The molecule has 2 aromatic carbocycles. The lowest BCUT2D eigenvalue weighted by Crippen LogP contribution is -1.94. The predicted molar refractivity (Wildman–Crippen MR) is 93.8 cm³/mol. The highest BCUT2D eigenvalue weighted by molar-refractivity contribution is 5.87. The highest BCUT2D eigenvalue weighted by Gasteiger charge is 2.09. The number of ether oxygens (including phenoxy) is 1. The molecule has 1 aromatic heterocycles. The zero-order valence-corrected chi connectivity index (χ0v) is 12.5. The van der Waals surface area contributed by atoms with E-state index < -0.39 is 0 Å². The second kappa shape index (κ2) is 5.93. The predicted octanol–water partition coefficient (Wildman–Crippen LogP) is 5.72. The largest absolute Gasteiger partial charge is 0.464 e. The molecule has 0 amide bonds. The summed E-state index contributed by atoms with van der Waals surface area (Å²) in [6, 6.07) is 18.0. The molecule has 0 spiro atoms. The molecule has 1 aliphatic heterocycles. The van der Waals surface area contributed by atoms with E-state index >= 15 is 0 Å². The molecule has 0 saturated heterocycles. The molecule has 2 heterocycles. The summed E-state index contributed by atoms with van der Waals surface area (Å²) in [5.41, 5.74) is 4.26. The van der Waals surface area contributed by atoms with Gasteiger partial charge in [0.1, 0.15) is 5.75 Å². The van der Waals surface area contributed by atoms with E-state index in [4.69, 9.17) is 9.15 Å². The average molecular weight is 299 g/mol. The van der Waals surface area contributed by atoms with E-state index in [1.807, 2.05) is 48.5 Å². The van der Waals surface area contributed by atoms with Crippen LogP contribution in [0.15, 0.2) is 89.8 Å². The van der Waals surface area contributed by atoms with Crippen molar-refractivity contribution >= 4 is 22.6 Å². The molecule has 0 radical (unpaired) electrons. The Labute approximate surface area is 134 Å². The van der Waals surface area contributed by atoms with Gasteiger partial charge in [-0.15, -0.1) is 0 Å². The van der Waals surface area contributed by atoms with Gasteiger partial charge in [-0.2, -0.15) is 0 Å². The highest BCUT2D eigenvalue weighted by atomic mass is 16.5. The number of hydrogen-bond acceptors (Lipinski definition) is 1. The Morgan fingerprint density at radius 2 is 1.78 bits per heavy atom. The first-order valence-corrected chi connectivity index (χ1v) is 7.52. The van der Waals surface area contributed by atoms with E-state index in [1.165, 1.54) is 0 Å². The van der Waals surface area contributed by atoms with Gasteiger partial charge in [-0.1, -0.05) is 48.6 Å². The van der Waals surface area contributed by atoms with Gasteiger partial charge >= 0.3 is 11.8 Å². The van der Waals surface area contributed by atoms with Crippen molar-refractivity contribution in [2.24, 2.45) is 0 Å².